The first-order chi connectivity index (χ1) is 19.0. The fraction of sp³-hybridized carbons (Fsp3) is 0.500. The number of carbonyl (C=O) groups excluding carboxylic acids is 2. The number of ether oxygens (including phenoxy) is 3. The van der Waals surface area contributed by atoms with E-state index in [4.69, 9.17) is 25.4 Å². The lowest BCUT2D eigenvalue weighted by Gasteiger charge is -2.57. The lowest BCUT2D eigenvalue weighted by molar-refractivity contribution is -0.123. The quantitative estimate of drug-likeness (QED) is 0.209. The number of primary amides is 1. The van der Waals surface area contributed by atoms with Gasteiger partial charge in [-0.05, 0) is 88.1 Å². The number of allylic oxidation sites excluding steroid dienone is 3. The summed E-state index contributed by atoms with van der Waals surface area (Å²) in [6.07, 6.45) is 10.1. The summed E-state index contributed by atoms with van der Waals surface area (Å²) in [5.74, 6) is 1.14. The van der Waals surface area contributed by atoms with Crippen LogP contribution in [0.4, 0.5) is 0 Å². The zero-order valence-electron chi connectivity index (χ0n) is 23.2. The molecule has 1 aromatic rings. The minimum absolute atomic E-state index is 0.0144. The van der Waals surface area contributed by atoms with Crippen molar-refractivity contribution in [1.29, 1.82) is 5.41 Å². The standard InChI is InChI=1S/C30H38N4O6/c1-29(2,37)16-39-25-9-7-23(34-26(25)17-4-5-17)22(15-31)28(36)33-18-11-30(12-18)13-20(14-30)40-24-8-6-19(38-3)10-21(24)27(32)35/h6-10,15,17-18,20,31,34,37H,4-5,11-14,16H2,1-3H3,(H2,32,35)(H,33,36)/b23-22+,31-15?. The van der Waals surface area contributed by atoms with Gasteiger partial charge in [0.05, 0.1) is 41.3 Å². The summed E-state index contributed by atoms with van der Waals surface area (Å²) < 4.78 is 17.1. The van der Waals surface area contributed by atoms with Crippen LogP contribution in [0.25, 0.3) is 0 Å². The Morgan fingerprint density at radius 2 is 1.95 bits per heavy atom. The molecule has 0 radical (unpaired) electrons. The highest BCUT2D eigenvalue weighted by atomic mass is 16.5. The van der Waals surface area contributed by atoms with Crippen molar-refractivity contribution in [3.63, 3.8) is 0 Å². The number of methoxy groups -OCH3 is 1. The second-order valence-corrected chi connectivity index (χ2v) is 12.0. The molecule has 1 spiro atoms. The summed E-state index contributed by atoms with van der Waals surface area (Å²) in [5, 5.41) is 24.4. The van der Waals surface area contributed by atoms with Gasteiger partial charge in [0.25, 0.3) is 11.8 Å². The number of aliphatic hydroxyl groups is 1. The molecule has 1 aliphatic heterocycles. The van der Waals surface area contributed by atoms with E-state index in [0.717, 1.165) is 50.4 Å². The van der Waals surface area contributed by atoms with Crippen LogP contribution in [0.1, 0.15) is 62.7 Å². The Balaban J connectivity index is 1.15. The number of hydrogen-bond acceptors (Lipinski definition) is 8. The number of nitrogens with one attached hydrogen (secondary N) is 3. The van der Waals surface area contributed by atoms with Gasteiger partial charge in [0, 0.05) is 18.2 Å². The molecule has 3 saturated carbocycles. The molecule has 1 heterocycles. The highest BCUT2D eigenvalue weighted by Gasteiger charge is 2.54. The fourth-order valence-corrected chi connectivity index (χ4v) is 5.76. The van der Waals surface area contributed by atoms with Crippen LogP contribution in [0.3, 0.4) is 0 Å². The van der Waals surface area contributed by atoms with Crippen molar-refractivity contribution in [2.24, 2.45) is 17.1 Å². The molecule has 0 saturated heterocycles. The number of dihydropyridines is 1. The third kappa shape index (κ3) is 6.01. The summed E-state index contributed by atoms with van der Waals surface area (Å²) >= 11 is 0. The summed E-state index contributed by atoms with van der Waals surface area (Å²) in [5.41, 5.74) is 6.72. The van der Waals surface area contributed by atoms with Crippen molar-refractivity contribution < 1.29 is 28.9 Å². The molecule has 0 unspecified atom stereocenters. The molecule has 2 amide bonds. The molecule has 40 heavy (non-hydrogen) atoms. The first-order valence-corrected chi connectivity index (χ1v) is 13.7. The highest BCUT2D eigenvalue weighted by Crippen LogP contribution is 2.57. The van der Waals surface area contributed by atoms with Crippen LogP contribution in [0, 0.1) is 16.7 Å². The van der Waals surface area contributed by atoms with Gasteiger partial charge < -0.3 is 41.1 Å². The Morgan fingerprint density at radius 1 is 1.23 bits per heavy atom. The molecule has 3 fully saturated rings. The third-order valence-corrected chi connectivity index (χ3v) is 7.94. The van der Waals surface area contributed by atoms with E-state index in [1.807, 2.05) is 0 Å². The first kappa shape index (κ1) is 27.8. The van der Waals surface area contributed by atoms with E-state index in [0.29, 0.717) is 34.4 Å². The van der Waals surface area contributed by atoms with E-state index < -0.39 is 11.5 Å². The van der Waals surface area contributed by atoms with Crippen molar-refractivity contribution in [2.45, 2.75) is 70.1 Å². The van der Waals surface area contributed by atoms with Gasteiger partial charge in [-0.2, -0.15) is 0 Å². The average molecular weight is 551 g/mol. The molecule has 214 valence electrons. The topological polar surface area (TPSA) is 156 Å². The van der Waals surface area contributed by atoms with Gasteiger partial charge in [0.1, 0.15) is 23.9 Å². The highest BCUT2D eigenvalue weighted by molar-refractivity contribution is 6.12. The van der Waals surface area contributed by atoms with Crippen LogP contribution in [-0.4, -0.2) is 54.6 Å². The molecular weight excluding hydrogens is 512 g/mol. The fourth-order valence-electron chi connectivity index (χ4n) is 5.76. The molecule has 3 aliphatic carbocycles. The lowest BCUT2D eigenvalue weighted by atomic mass is 9.53. The third-order valence-electron chi connectivity index (χ3n) is 7.94. The normalized spacial score (nSPS) is 26.7. The Morgan fingerprint density at radius 3 is 2.55 bits per heavy atom. The molecule has 0 atom stereocenters. The van der Waals surface area contributed by atoms with Gasteiger partial charge >= 0.3 is 0 Å². The van der Waals surface area contributed by atoms with Crippen molar-refractivity contribution in [2.75, 3.05) is 13.7 Å². The SMILES string of the molecule is COc1ccc(OC2CC3(CC(NC(=O)/C(C=N)=C4\C=CC(OCC(C)(C)O)=C(C5CC5)N4)C3)C2)c(C(N)=O)c1. The second-order valence-electron chi connectivity index (χ2n) is 12.0. The first-order valence-electron chi connectivity index (χ1n) is 13.7. The molecule has 4 aliphatic rings. The zero-order valence-corrected chi connectivity index (χ0v) is 23.2. The van der Waals surface area contributed by atoms with Crippen molar-refractivity contribution in [3.05, 3.63) is 58.6 Å². The predicted molar refractivity (Wildman–Crippen MR) is 149 cm³/mol. The van der Waals surface area contributed by atoms with Crippen LogP contribution in [0.2, 0.25) is 0 Å². The van der Waals surface area contributed by atoms with Crippen LogP contribution in [-0.2, 0) is 9.53 Å². The van der Waals surface area contributed by atoms with E-state index >= 15 is 0 Å². The molecular formula is C30H38N4O6. The Kier molecular flexibility index (Phi) is 7.39. The molecule has 0 bridgehead atoms. The van der Waals surface area contributed by atoms with Crippen molar-refractivity contribution in [1.82, 2.24) is 10.6 Å². The van der Waals surface area contributed by atoms with Gasteiger partial charge in [-0.25, -0.2) is 0 Å². The van der Waals surface area contributed by atoms with Gasteiger partial charge in [-0.15, -0.1) is 0 Å². The second kappa shape index (κ2) is 10.6. The monoisotopic (exact) mass is 550 g/mol. The summed E-state index contributed by atoms with van der Waals surface area (Å²) in [6, 6.07) is 5.06. The molecule has 1 aromatic carbocycles. The van der Waals surface area contributed by atoms with E-state index in [2.05, 4.69) is 10.6 Å². The maximum Gasteiger partial charge on any atom is 0.255 e. The summed E-state index contributed by atoms with van der Waals surface area (Å²) in [7, 11) is 1.53. The number of hydrogen-bond donors (Lipinski definition) is 5. The van der Waals surface area contributed by atoms with Crippen LogP contribution in [0.5, 0.6) is 11.5 Å². The molecule has 5 rings (SSSR count). The molecule has 6 N–H and O–H groups in total. The largest absolute Gasteiger partial charge is 0.497 e. The Hall–Kier alpha value is -3.79. The number of benzene rings is 1. The van der Waals surface area contributed by atoms with E-state index in [9.17, 15) is 14.7 Å². The summed E-state index contributed by atoms with van der Waals surface area (Å²) in [4.78, 5) is 25.0. The van der Waals surface area contributed by atoms with Crippen LogP contribution >= 0.6 is 0 Å². The van der Waals surface area contributed by atoms with Crippen LogP contribution < -0.4 is 25.8 Å². The zero-order chi connectivity index (χ0) is 28.7. The summed E-state index contributed by atoms with van der Waals surface area (Å²) in [6.45, 7) is 3.54. The van der Waals surface area contributed by atoms with Gasteiger partial charge in [-0.1, -0.05) is 0 Å². The Labute approximate surface area is 234 Å². The number of carbonyl (C=O) groups is 2. The average Bonchev–Trinajstić information content (AvgIpc) is 3.70. The smallest absolute Gasteiger partial charge is 0.255 e. The number of nitrogens with two attached hydrogens (primary N) is 1. The van der Waals surface area contributed by atoms with Crippen molar-refractivity contribution in [3.8, 4) is 11.5 Å². The van der Waals surface area contributed by atoms with Crippen molar-refractivity contribution >= 4 is 18.0 Å². The minimum Gasteiger partial charge on any atom is -0.497 e. The van der Waals surface area contributed by atoms with E-state index in [-0.39, 0.29) is 35.6 Å². The number of amides is 2. The minimum atomic E-state index is -0.958. The molecule has 0 aromatic heterocycles. The Bertz CT molecular complexity index is 1290. The van der Waals surface area contributed by atoms with E-state index in [1.54, 1.807) is 44.2 Å². The molecule has 10 nitrogen and oxygen atoms in total. The lowest BCUT2D eigenvalue weighted by Crippen LogP contribution is -2.59. The molecule has 10 heteroatoms. The van der Waals surface area contributed by atoms with E-state index in [1.165, 1.54) is 7.11 Å². The van der Waals surface area contributed by atoms with Crippen LogP contribution in [0.15, 0.2) is 53.1 Å². The number of rotatable bonds is 11. The van der Waals surface area contributed by atoms with Gasteiger partial charge in [-0.3, -0.25) is 9.59 Å². The predicted octanol–water partition coefficient (Wildman–Crippen LogP) is 3.07. The van der Waals surface area contributed by atoms with Gasteiger partial charge in [0.2, 0.25) is 0 Å². The van der Waals surface area contributed by atoms with Gasteiger partial charge in [0.15, 0.2) is 0 Å². The maximum absolute atomic E-state index is 13.1. The maximum atomic E-state index is 13.1.